The number of nitrogens with zero attached hydrogens (tertiary/aromatic N) is 4. The molecule has 0 saturated carbocycles. The molecule has 0 atom stereocenters. The molecule has 158 valence electrons. The van der Waals surface area contributed by atoms with Gasteiger partial charge in [-0.2, -0.15) is 0 Å². The molecule has 0 aromatic carbocycles. The third-order valence-corrected chi connectivity index (χ3v) is 4.58. The highest BCUT2D eigenvalue weighted by Gasteiger charge is 2.23. The van der Waals surface area contributed by atoms with Gasteiger partial charge in [-0.25, -0.2) is 14.4 Å². The zero-order valence-electron chi connectivity index (χ0n) is 18.6. The second-order valence-corrected chi connectivity index (χ2v) is 7.01. The van der Waals surface area contributed by atoms with E-state index in [0.717, 1.165) is 46.9 Å². The maximum atomic E-state index is 13.9. The smallest absolute Gasteiger partial charge is 0.149 e. The summed E-state index contributed by atoms with van der Waals surface area (Å²) in [7, 11) is 0. The van der Waals surface area contributed by atoms with Crippen molar-refractivity contribution in [3.63, 3.8) is 0 Å². The van der Waals surface area contributed by atoms with Crippen molar-refractivity contribution in [3.05, 3.63) is 70.6 Å². The van der Waals surface area contributed by atoms with Gasteiger partial charge in [0.2, 0.25) is 0 Å². The Kier molecular flexibility index (Phi) is 8.27. The summed E-state index contributed by atoms with van der Waals surface area (Å²) in [6, 6.07) is 3.59. The van der Waals surface area contributed by atoms with Crippen LogP contribution >= 0.6 is 0 Å². The van der Waals surface area contributed by atoms with E-state index in [-0.39, 0.29) is 11.6 Å². The highest BCUT2D eigenvalue weighted by Crippen LogP contribution is 2.34. The molecule has 6 heteroatoms. The summed E-state index contributed by atoms with van der Waals surface area (Å²) in [4.78, 5) is 27.8. The molecule has 0 bridgehead atoms. The summed E-state index contributed by atoms with van der Waals surface area (Å²) in [5.74, 6) is 0.553. The van der Waals surface area contributed by atoms with Gasteiger partial charge in [-0.3, -0.25) is 14.8 Å². The lowest BCUT2D eigenvalue weighted by atomic mass is 9.84. The Morgan fingerprint density at radius 2 is 1.70 bits per heavy atom. The first-order valence-corrected chi connectivity index (χ1v) is 10.2. The molecule has 0 fully saturated rings. The van der Waals surface area contributed by atoms with Crippen molar-refractivity contribution in [3.8, 4) is 11.1 Å². The van der Waals surface area contributed by atoms with Gasteiger partial charge < -0.3 is 0 Å². The van der Waals surface area contributed by atoms with Gasteiger partial charge in [0.25, 0.3) is 0 Å². The van der Waals surface area contributed by atoms with Crippen molar-refractivity contribution < 1.29 is 9.18 Å². The lowest BCUT2D eigenvalue weighted by Gasteiger charge is -2.23. The van der Waals surface area contributed by atoms with E-state index in [1.807, 2.05) is 40.7 Å². The number of ketones is 1. The van der Waals surface area contributed by atoms with Gasteiger partial charge in [0, 0.05) is 47.0 Å². The molecule has 0 amide bonds. The molecule has 0 saturated heterocycles. The highest BCUT2D eigenvalue weighted by molar-refractivity contribution is 5.82. The summed E-state index contributed by atoms with van der Waals surface area (Å²) in [6.45, 7) is 11.4. The Bertz CT molecular complexity index is 983. The third-order valence-electron chi connectivity index (χ3n) is 4.58. The Morgan fingerprint density at radius 3 is 2.20 bits per heavy atom. The molecule has 3 aromatic rings. The minimum Gasteiger partial charge on any atom is -0.300 e. The Morgan fingerprint density at radius 1 is 1.03 bits per heavy atom. The van der Waals surface area contributed by atoms with Crippen molar-refractivity contribution in [2.24, 2.45) is 0 Å². The average molecular weight is 409 g/mol. The Balaban J connectivity index is 0.000000245. The van der Waals surface area contributed by atoms with E-state index in [1.54, 1.807) is 25.4 Å². The van der Waals surface area contributed by atoms with Crippen molar-refractivity contribution in [2.75, 3.05) is 0 Å². The van der Waals surface area contributed by atoms with E-state index in [1.165, 1.54) is 6.20 Å². The number of carbonyl (C=O) groups excluding carboxylic acids is 1. The first kappa shape index (κ1) is 23.3. The van der Waals surface area contributed by atoms with Crippen LogP contribution in [0.15, 0.2) is 30.7 Å². The molecule has 30 heavy (non-hydrogen) atoms. The van der Waals surface area contributed by atoms with E-state index in [9.17, 15) is 9.18 Å². The fourth-order valence-electron chi connectivity index (χ4n) is 3.39. The summed E-state index contributed by atoms with van der Waals surface area (Å²) >= 11 is 0. The van der Waals surface area contributed by atoms with Crippen LogP contribution in [0.3, 0.4) is 0 Å². The normalized spacial score (nSPS) is 11.2. The number of pyridine rings is 2. The lowest BCUT2D eigenvalue weighted by Crippen LogP contribution is -2.17. The second kappa shape index (κ2) is 10.7. The van der Waals surface area contributed by atoms with Crippen LogP contribution in [-0.4, -0.2) is 25.7 Å². The van der Waals surface area contributed by atoms with E-state index in [0.29, 0.717) is 17.5 Å². The minimum atomic E-state index is -0.381. The van der Waals surface area contributed by atoms with Gasteiger partial charge >= 0.3 is 0 Å². The minimum absolute atomic E-state index is 0.0796. The van der Waals surface area contributed by atoms with Gasteiger partial charge in [0.1, 0.15) is 17.4 Å². The largest absolute Gasteiger partial charge is 0.300 e. The highest BCUT2D eigenvalue weighted by atomic mass is 19.1. The SMILES string of the molecule is CC.CC(=O)Cc1c(-c2ccncc2F)cnc2c1CC2.Cc1cc(C)nc(C)n1. The van der Waals surface area contributed by atoms with Crippen LogP contribution in [0.4, 0.5) is 4.39 Å². The van der Waals surface area contributed by atoms with Crippen LogP contribution in [0, 0.1) is 26.6 Å². The van der Waals surface area contributed by atoms with Gasteiger partial charge in [-0.15, -0.1) is 0 Å². The van der Waals surface area contributed by atoms with Crippen molar-refractivity contribution in [1.82, 2.24) is 19.9 Å². The number of rotatable bonds is 3. The van der Waals surface area contributed by atoms with Crippen LogP contribution in [0.25, 0.3) is 11.1 Å². The van der Waals surface area contributed by atoms with Crippen LogP contribution in [0.5, 0.6) is 0 Å². The van der Waals surface area contributed by atoms with Gasteiger partial charge in [-0.1, -0.05) is 13.8 Å². The number of aromatic nitrogens is 4. The van der Waals surface area contributed by atoms with Crippen molar-refractivity contribution in [2.45, 2.75) is 60.8 Å². The summed E-state index contributed by atoms with van der Waals surface area (Å²) in [6.07, 6.45) is 6.61. The second-order valence-electron chi connectivity index (χ2n) is 7.01. The number of halogens is 1. The number of aryl methyl sites for hydroxylation is 4. The van der Waals surface area contributed by atoms with Gasteiger partial charge in [0.05, 0.1) is 6.20 Å². The zero-order chi connectivity index (χ0) is 22.3. The van der Waals surface area contributed by atoms with Crippen LogP contribution in [0.1, 0.15) is 54.8 Å². The van der Waals surface area contributed by atoms with Gasteiger partial charge in [-0.05, 0) is 63.8 Å². The standard InChI is InChI=1S/C15H13FN2O.C7H10N2.C2H6/c1-9(19)6-12-11-2-3-15(11)18-7-13(12)10-4-5-17-8-14(10)16;1-5-4-6(2)9-7(3)8-5;1-2/h4-5,7-8H,2-3,6H2,1H3;4H,1-3H3;1-2H3. The van der Waals surface area contributed by atoms with E-state index in [4.69, 9.17) is 0 Å². The molecule has 5 nitrogen and oxygen atoms in total. The molecule has 1 aliphatic rings. The fourth-order valence-corrected chi connectivity index (χ4v) is 3.39. The van der Waals surface area contributed by atoms with Crippen LogP contribution < -0.4 is 0 Å². The molecule has 0 radical (unpaired) electrons. The molecule has 4 rings (SSSR count). The Labute approximate surface area is 177 Å². The van der Waals surface area contributed by atoms with Crippen molar-refractivity contribution in [1.29, 1.82) is 0 Å². The molecule has 0 N–H and O–H groups in total. The number of hydrogen-bond acceptors (Lipinski definition) is 5. The molecule has 3 heterocycles. The third kappa shape index (κ3) is 5.75. The maximum Gasteiger partial charge on any atom is 0.149 e. The zero-order valence-corrected chi connectivity index (χ0v) is 18.6. The summed E-state index contributed by atoms with van der Waals surface area (Å²) in [5.41, 5.74) is 6.34. The average Bonchev–Trinajstić information content (AvgIpc) is 2.64. The predicted octanol–water partition coefficient (Wildman–Crippen LogP) is 4.94. The maximum absolute atomic E-state index is 13.9. The quantitative estimate of drug-likeness (QED) is 0.614. The van der Waals surface area contributed by atoms with E-state index < -0.39 is 0 Å². The fraction of sp³-hybridized carbons (Fsp3) is 0.375. The number of hydrogen-bond donors (Lipinski definition) is 0. The first-order chi connectivity index (χ1) is 14.3. The van der Waals surface area contributed by atoms with Crippen molar-refractivity contribution >= 4 is 5.78 Å². The van der Waals surface area contributed by atoms with Crippen LogP contribution in [-0.2, 0) is 24.1 Å². The molecular weight excluding hydrogens is 379 g/mol. The monoisotopic (exact) mass is 408 g/mol. The Hall–Kier alpha value is -3.02. The topological polar surface area (TPSA) is 68.6 Å². The van der Waals surface area contributed by atoms with Gasteiger partial charge in [0.15, 0.2) is 0 Å². The summed E-state index contributed by atoms with van der Waals surface area (Å²) in [5, 5.41) is 0. The number of Topliss-reactive ketones (excluding diaryl/α,β-unsaturated/α-hetero) is 1. The summed E-state index contributed by atoms with van der Waals surface area (Å²) < 4.78 is 13.9. The van der Waals surface area contributed by atoms with E-state index in [2.05, 4.69) is 19.9 Å². The molecule has 0 unspecified atom stereocenters. The molecule has 0 spiro atoms. The predicted molar refractivity (Wildman–Crippen MR) is 117 cm³/mol. The first-order valence-electron chi connectivity index (χ1n) is 10.2. The van der Waals surface area contributed by atoms with E-state index >= 15 is 0 Å². The number of fused-ring (bicyclic) bond motifs is 1. The molecular formula is C24H29FN4O. The lowest BCUT2D eigenvalue weighted by molar-refractivity contribution is -0.116. The number of carbonyl (C=O) groups is 1. The van der Waals surface area contributed by atoms with Crippen LogP contribution in [0.2, 0.25) is 0 Å². The molecule has 1 aliphatic carbocycles. The molecule has 0 aliphatic heterocycles. The molecule has 3 aromatic heterocycles.